The van der Waals surface area contributed by atoms with Gasteiger partial charge in [-0.05, 0) is 37.0 Å². The summed E-state index contributed by atoms with van der Waals surface area (Å²) >= 11 is 0. The third kappa shape index (κ3) is 3.93. The lowest BCUT2D eigenvalue weighted by Gasteiger charge is -2.37. The molecule has 1 aromatic carbocycles. The largest absolute Gasteiger partial charge is 0.497 e. The number of nitrogens with two attached hydrogens (primary N) is 1. The molecule has 0 aliphatic carbocycles. The molecule has 0 amide bonds. The number of benzene rings is 1. The van der Waals surface area contributed by atoms with E-state index in [1.807, 2.05) is 12.1 Å². The van der Waals surface area contributed by atoms with E-state index in [1.54, 1.807) is 7.11 Å². The number of piperidine rings is 1. The summed E-state index contributed by atoms with van der Waals surface area (Å²) < 4.78 is 5.15. The van der Waals surface area contributed by atoms with Crippen molar-refractivity contribution < 1.29 is 9.84 Å². The Balaban J connectivity index is 1.77. The van der Waals surface area contributed by atoms with E-state index in [9.17, 15) is 5.11 Å². The second-order valence-electron chi connectivity index (χ2n) is 5.37. The predicted molar refractivity (Wildman–Crippen MR) is 76.4 cm³/mol. The van der Waals surface area contributed by atoms with Crippen LogP contribution in [0.1, 0.15) is 18.4 Å². The first-order chi connectivity index (χ1) is 9.15. The fourth-order valence-electron chi connectivity index (χ4n) is 2.48. The third-order valence-electron chi connectivity index (χ3n) is 4.04. The number of nitrogens with zero attached hydrogens (tertiary/aromatic N) is 1. The van der Waals surface area contributed by atoms with Crippen LogP contribution in [0.4, 0.5) is 0 Å². The molecule has 2 rings (SSSR count). The van der Waals surface area contributed by atoms with Gasteiger partial charge in [-0.1, -0.05) is 12.1 Å². The van der Waals surface area contributed by atoms with Gasteiger partial charge in [-0.3, -0.25) is 0 Å². The zero-order chi connectivity index (χ0) is 13.7. The number of methoxy groups -OCH3 is 1. The monoisotopic (exact) mass is 264 g/mol. The van der Waals surface area contributed by atoms with E-state index in [0.29, 0.717) is 6.54 Å². The molecule has 4 heteroatoms. The second kappa shape index (κ2) is 6.37. The summed E-state index contributed by atoms with van der Waals surface area (Å²) in [5, 5.41) is 10.1. The van der Waals surface area contributed by atoms with Crippen molar-refractivity contribution in [3.8, 4) is 5.75 Å². The van der Waals surface area contributed by atoms with Crippen LogP contribution in [0.5, 0.6) is 5.75 Å². The highest BCUT2D eigenvalue weighted by atomic mass is 16.5. The Morgan fingerprint density at radius 3 is 2.42 bits per heavy atom. The van der Waals surface area contributed by atoms with Crippen LogP contribution in [-0.4, -0.2) is 48.9 Å². The van der Waals surface area contributed by atoms with E-state index in [2.05, 4.69) is 17.0 Å². The number of rotatable bonds is 5. The van der Waals surface area contributed by atoms with Crippen LogP contribution in [-0.2, 0) is 6.42 Å². The van der Waals surface area contributed by atoms with Gasteiger partial charge in [0.15, 0.2) is 0 Å². The molecule has 3 N–H and O–H groups in total. The Hall–Kier alpha value is -1.10. The topological polar surface area (TPSA) is 58.7 Å². The lowest BCUT2D eigenvalue weighted by molar-refractivity contribution is -0.0130. The summed E-state index contributed by atoms with van der Waals surface area (Å²) in [6.07, 6.45) is 2.60. The molecule has 0 bridgehead atoms. The Morgan fingerprint density at radius 1 is 1.26 bits per heavy atom. The average molecular weight is 264 g/mol. The van der Waals surface area contributed by atoms with Gasteiger partial charge in [-0.25, -0.2) is 0 Å². The molecule has 1 saturated heterocycles. The van der Waals surface area contributed by atoms with Crippen LogP contribution >= 0.6 is 0 Å². The van der Waals surface area contributed by atoms with Crippen molar-refractivity contribution in [2.24, 2.45) is 5.73 Å². The molecule has 1 fully saturated rings. The Kier molecular flexibility index (Phi) is 4.80. The average Bonchev–Trinajstić information content (AvgIpc) is 2.47. The minimum absolute atomic E-state index is 0.374. The standard InChI is InChI=1S/C15H24N2O2/c1-19-14-4-2-13(3-5-14)6-9-17-10-7-15(18,12-16)8-11-17/h2-5,18H,6-12,16H2,1H3. The Morgan fingerprint density at radius 2 is 1.89 bits per heavy atom. The first kappa shape index (κ1) is 14.3. The lowest BCUT2D eigenvalue weighted by Crippen LogP contribution is -2.49. The van der Waals surface area contributed by atoms with E-state index in [4.69, 9.17) is 10.5 Å². The maximum Gasteiger partial charge on any atom is 0.118 e. The Labute approximate surface area is 115 Å². The highest BCUT2D eigenvalue weighted by Crippen LogP contribution is 2.21. The summed E-state index contributed by atoms with van der Waals surface area (Å²) in [6, 6.07) is 8.22. The minimum Gasteiger partial charge on any atom is -0.497 e. The predicted octanol–water partition coefficient (Wildman–Crippen LogP) is 1.02. The quantitative estimate of drug-likeness (QED) is 0.834. The van der Waals surface area contributed by atoms with Crippen molar-refractivity contribution in [2.45, 2.75) is 24.9 Å². The molecule has 0 aromatic heterocycles. The molecule has 1 aromatic rings. The van der Waals surface area contributed by atoms with Crippen LogP contribution in [0, 0.1) is 0 Å². The number of ether oxygens (including phenoxy) is 1. The van der Waals surface area contributed by atoms with Crippen LogP contribution in [0.25, 0.3) is 0 Å². The molecule has 106 valence electrons. The van der Waals surface area contributed by atoms with Crippen molar-refractivity contribution in [1.29, 1.82) is 0 Å². The maximum absolute atomic E-state index is 10.1. The van der Waals surface area contributed by atoms with Crippen molar-refractivity contribution in [2.75, 3.05) is 33.3 Å². The Bertz CT molecular complexity index is 384. The van der Waals surface area contributed by atoms with Crippen molar-refractivity contribution in [3.05, 3.63) is 29.8 Å². The number of hydrogen-bond donors (Lipinski definition) is 2. The van der Waals surface area contributed by atoms with Crippen LogP contribution < -0.4 is 10.5 Å². The normalized spacial score (nSPS) is 19.3. The fourth-order valence-corrected chi connectivity index (χ4v) is 2.48. The van der Waals surface area contributed by atoms with Crippen LogP contribution in [0.15, 0.2) is 24.3 Å². The van der Waals surface area contributed by atoms with Gasteiger partial charge in [0.2, 0.25) is 0 Å². The van der Waals surface area contributed by atoms with Gasteiger partial charge in [0.25, 0.3) is 0 Å². The van der Waals surface area contributed by atoms with E-state index in [0.717, 1.165) is 44.6 Å². The fraction of sp³-hybridized carbons (Fsp3) is 0.600. The molecule has 0 atom stereocenters. The molecule has 0 radical (unpaired) electrons. The molecular formula is C15H24N2O2. The van der Waals surface area contributed by atoms with Crippen LogP contribution in [0.3, 0.4) is 0 Å². The molecule has 0 unspecified atom stereocenters. The van der Waals surface area contributed by atoms with Gasteiger partial charge in [-0.2, -0.15) is 0 Å². The number of likely N-dealkylation sites (tertiary alicyclic amines) is 1. The van der Waals surface area contributed by atoms with E-state index in [-0.39, 0.29) is 0 Å². The molecule has 0 spiro atoms. The summed E-state index contributed by atoms with van der Waals surface area (Å²) in [5.41, 5.74) is 6.29. The van der Waals surface area contributed by atoms with Crippen molar-refractivity contribution >= 4 is 0 Å². The van der Waals surface area contributed by atoms with Crippen molar-refractivity contribution in [1.82, 2.24) is 4.90 Å². The molecular weight excluding hydrogens is 240 g/mol. The number of hydrogen-bond acceptors (Lipinski definition) is 4. The summed E-state index contributed by atoms with van der Waals surface area (Å²) in [6.45, 7) is 3.28. The van der Waals surface area contributed by atoms with Crippen LogP contribution in [0.2, 0.25) is 0 Å². The maximum atomic E-state index is 10.1. The van der Waals surface area contributed by atoms with Gasteiger partial charge in [0.05, 0.1) is 12.7 Å². The lowest BCUT2D eigenvalue weighted by atomic mass is 9.91. The van der Waals surface area contributed by atoms with E-state index in [1.165, 1.54) is 5.56 Å². The summed E-state index contributed by atoms with van der Waals surface area (Å²) in [4.78, 5) is 2.40. The molecule has 1 heterocycles. The first-order valence-corrected chi connectivity index (χ1v) is 6.93. The smallest absolute Gasteiger partial charge is 0.118 e. The van der Waals surface area contributed by atoms with Gasteiger partial charge in [0, 0.05) is 26.2 Å². The van der Waals surface area contributed by atoms with E-state index >= 15 is 0 Å². The summed E-state index contributed by atoms with van der Waals surface area (Å²) in [5.74, 6) is 0.898. The molecule has 4 nitrogen and oxygen atoms in total. The molecule has 0 saturated carbocycles. The number of aliphatic hydroxyl groups is 1. The second-order valence-corrected chi connectivity index (χ2v) is 5.37. The molecule has 1 aliphatic heterocycles. The SMILES string of the molecule is COc1ccc(CCN2CCC(O)(CN)CC2)cc1. The van der Waals surface area contributed by atoms with E-state index < -0.39 is 5.60 Å². The zero-order valence-corrected chi connectivity index (χ0v) is 11.6. The zero-order valence-electron chi connectivity index (χ0n) is 11.6. The van der Waals surface area contributed by atoms with Crippen molar-refractivity contribution in [3.63, 3.8) is 0 Å². The minimum atomic E-state index is -0.628. The summed E-state index contributed by atoms with van der Waals surface area (Å²) in [7, 11) is 1.68. The third-order valence-corrected chi connectivity index (χ3v) is 4.04. The molecule has 1 aliphatic rings. The molecule has 19 heavy (non-hydrogen) atoms. The highest BCUT2D eigenvalue weighted by molar-refractivity contribution is 5.27. The van der Waals surface area contributed by atoms with Gasteiger partial charge in [-0.15, -0.1) is 0 Å². The van der Waals surface area contributed by atoms with Gasteiger partial charge in [0.1, 0.15) is 5.75 Å². The highest BCUT2D eigenvalue weighted by Gasteiger charge is 2.30. The first-order valence-electron chi connectivity index (χ1n) is 6.93. The van der Waals surface area contributed by atoms with Gasteiger partial charge < -0.3 is 20.5 Å². The van der Waals surface area contributed by atoms with Gasteiger partial charge >= 0.3 is 0 Å².